The lowest BCUT2D eigenvalue weighted by molar-refractivity contribution is 0.0602. The molecule has 0 radical (unpaired) electrons. The van der Waals surface area contributed by atoms with Gasteiger partial charge in [0.05, 0.1) is 40.5 Å². The van der Waals surface area contributed by atoms with Crippen molar-refractivity contribution in [2.75, 3.05) is 18.6 Å². The van der Waals surface area contributed by atoms with E-state index in [-0.39, 0.29) is 23.5 Å². The molecule has 3 aromatic rings. The second-order valence-electron chi connectivity index (χ2n) is 7.27. The number of ether oxygens (including phenoxy) is 1. The van der Waals surface area contributed by atoms with E-state index in [0.29, 0.717) is 28.7 Å². The zero-order chi connectivity index (χ0) is 20.1. The molecule has 0 aromatic carbocycles. The molecule has 0 saturated carbocycles. The zero-order valence-corrected chi connectivity index (χ0v) is 17.5. The van der Waals surface area contributed by atoms with Gasteiger partial charge in [-0.25, -0.2) is 22.9 Å². The normalized spacial score (nSPS) is 18.8. The molecule has 9 heteroatoms. The van der Waals surface area contributed by atoms with Crippen molar-refractivity contribution in [3.63, 3.8) is 0 Å². The summed E-state index contributed by atoms with van der Waals surface area (Å²) in [4.78, 5) is 18.3. The Kier molecular flexibility index (Phi) is 4.75. The van der Waals surface area contributed by atoms with Gasteiger partial charge in [-0.3, -0.25) is 0 Å². The van der Waals surface area contributed by atoms with Gasteiger partial charge in [0.15, 0.2) is 15.5 Å². The van der Waals surface area contributed by atoms with Crippen LogP contribution in [0.1, 0.15) is 48.3 Å². The molecule has 1 fully saturated rings. The highest BCUT2D eigenvalue weighted by molar-refractivity contribution is 7.91. The maximum absolute atomic E-state index is 12.6. The highest BCUT2D eigenvalue weighted by Gasteiger charge is 2.33. The fourth-order valence-electron chi connectivity index (χ4n) is 3.53. The summed E-state index contributed by atoms with van der Waals surface area (Å²) in [5.74, 6) is -0.185. The minimum atomic E-state index is -3.09. The van der Waals surface area contributed by atoms with Gasteiger partial charge in [-0.1, -0.05) is 19.9 Å². The molecule has 148 valence electrons. The SMILES string of the molecule is COC(=O)c1cc(C(C)C)nc2c1c(-c1cccs1)nn2[C@@H]1CCS(=O)(=O)C1. The predicted octanol–water partition coefficient (Wildman–Crippen LogP) is 3.43. The van der Waals surface area contributed by atoms with Crippen LogP contribution in [0.5, 0.6) is 0 Å². The second kappa shape index (κ2) is 6.97. The van der Waals surface area contributed by atoms with Crippen LogP contribution >= 0.6 is 11.3 Å². The summed E-state index contributed by atoms with van der Waals surface area (Å²) in [6.07, 6.45) is 0.490. The highest BCUT2D eigenvalue weighted by atomic mass is 32.2. The van der Waals surface area contributed by atoms with Crippen LogP contribution in [0.4, 0.5) is 0 Å². The number of sulfone groups is 1. The number of hydrogen-bond donors (Lipinski definition) is 0. The van der Waals surface area contributed by atoms with Crippen LogP contribution in [0, 0.1) is 0 Å². The van der Waals surface area contributed by atoms with Crippen LogP contribution in [0.2, 0.25) is 0 Å². The average molecular weight is 420 g/mol. The summed E-state index contributed by atoms with van der Waals surface area (Å²) in [6.45, 7) is 3.99. The molecule has 3 aromatic heterocycles. The molecule has 4 heterocycles. The molecule has 0 N–H and O–H groups in total. The maximum atomic E-state index is 12.6. The molecular weight excluding hydrogens is 398 g/mol. The van der Waals surface area contributed by atoms with Gasteiger partial charge >= 0.3 is 5.97 Å². The van der Waals surface area contributed by atoms with E-state index in [0.717, 1.165) is 10.6 Å². The van der Waals surface area contributed by atoms with Crippen molar-refractivity contribution < 1.29 is 17.9 Å². The lowest BCUT2D eigenvalue weighted by Crippen LogP contribution is -2.14. The Labute approximate surface area is 167 Å². The van der Waals surface area contributed by atoms with Gasteiger partial charge in [-0.05, 0) is 29.9 Å². The Balaban J connectivity index is 2.05. The van der Waals surface area contributed by atoms with Gasteiger partial charge in [0, 0.05) is 5.69 Å². The fraction of sp³-hybridized carbons (Fsp3) is 0.421. The molecule has 0 aliphatic carbocycles. The van der Waals surface area contributed by atoms with Crippen LogP contribution in [0.25, 0.3) is 21.6 Å². The third kappa shape index (κ3) is 3.22. The van der Waals surface area contributed by atoms with Gasteiger partial charge in [-0.15, -0.1) is 11.3 Å². The summed E-state index contributed by atoms with van der Waals surface area (Å²) in [5.41, 5.74) is 2.33. The molecule has 1 aliphatic rings. The lowest BCUT2D eigenvalue weighted by atomic mass is 10.0. The Morgan fingerprint density at radius 2 is 2.18 bits per heavy atom. The van der Waals surface area contributed by atoms with E-state index in [1.54, 1.807) is 10.7 Å². The number of fused-ring (bicyclic) bond motifs is 1. The molecule has 0 amide bonds. The van der Waals surface area contributed by atoms with Crippen LogP contribution in [0.15, 0.2) is 23.6 Å². The Morgan fingerprint density at radius 3 is 2.75 bits per heavy atom. The molecule has 7 nitrogen and oxygen atoms in total. The summed E-state index contributed by atoms with van der Waals surface area (Å²) >= 11 is 1.51. The van der Waals surface area contributed by atoms with Crippen molar-refractivity contribution in [3.8, 4) is 10.6 Å². The van der Waals surface area contributed by atoms with E-state index in [4.69, 9.17) is 14.8 Å². The largest absolute Gasteiger partial charge is 0.465 e. The number of esters is 1. The first-order valence-electron chi connectivity index (χ1n) is 9.06. The highest BCUT2D eigenvalue weighted by Crippen LogP contribution is 2.37. The summed E-state index contributed by atoms with van der Waals surface area (Å²) < 4.78 is 30.8. The van der Waals surface area contributed by atoms with E-state index < -0.39 is 15.8 Å². The third-order valence-electron chi connectivity index (χ3n) is 4.99. The smallest absolute Gasteiger partial charge is 0.338 e. The quantitative estimate of drug-likeness (QED) is 0.602. The Hall–Kier alpha value is -2.26. The molecule has 0 bridgehead atoms. The van der Waals surface area contributed by atoms with Crippen molar-refractivity contribution in [2.24, 2.45) is 0 Å². The summed E-state index contributed by atoms with van der Waals surface area (Å²) in [7, 11) is -1.74. The van der Waals surface area contributed by atoms with Crippen LogP contribution < -0.4 is 0 Å². The zero-order valence-electron chi connectivity index (χ0n) is 15.9. The predicted molar refractivity (Wildman–Crippen MR) is 109 cm³/mol. The van der Waals surface area contributed by atoms with Crippen molar-refractivity contribution in [3.05, 3.63) is 34.8 Å². The number of aromatic nitrogens is 3. The number of carbonyl (C=O) groups excluding carboxylic acids is 1. The summed E-state index contributed by atoms with van der Waals surface area (Å²) in [6, 6.07) is 5.31. The lowest BCUT2D eigenvalue weighted by Gasteiger charge is -2.12. The van der Waals surface area contributed by atoms with Crippen molar-refractivity contribution in [1.82, 2.24) is 14.8 Å². The van der Waals surface area contributed by atoms with Crippen molar-refractivity contribution >= 4 is 38.2 Å². The molecule has 1 atom stereocenters. The van der Waals surface area contributed by atoms with E-state index in [9.17, 15) is 13.2 Å². The molecule has 1 saturated heterocycles. The maximum Gasteiger partial charge on any atom is 0.338 e. The standard InChI is InChI=1S/C19H21N3O4S2/c1-11(2)14-9-13(19(23)26-3)16-17(15-5-4-7-27-15)21-22(18(16)20-14)12-6-8-28(24,25)10-12/h4-5,7,9,11-12H,6,8,10H2,1-3H3/t12-/m1/s1. The van der Waals surface area contributed by atoms with E-state index >= 15 is 0 Å². The number of thiophene rings is 1. The molecule has 4 rings (SSSR count). The van der Waals surface area contributed by atoms with Gasteiger partial charge in [0.25, 0.3) is 0 Å². The molecular formula is C19H21N3O4S2. The van der Waals surface area contributed by atoms with E-state index in [1.165, 1.54) is 18.4 Å². The van der Waals surface area contributed by atoms with Crippen LogP contribution in [-0.4, -0.2) is 47.8 Å². The fourth-order valence-corrected chi connectivity index (χ4v) is 5.94. The minimum absolute atomic E-state index is 0.0365. The summed E-state index contributed by atoms with van der Waals surface area (Å²) in [5, 5.41) is 7.30. The van der Waals surface area contributed by atoms with Gasteiger partial charge in [-0.2, -0.15) is 5.10 Å². The number of carbonyl (C=O) groups is 1. The Bertz CT molecular complexity index is 1150. The molecule has 1 aliphatic heterocycles. The first kappa shape index (κ1) is 19.1. The monoisotopic (exact) mass is 419 g/mol. The number of pyridine rings is 1. The number of hydrogen-bond acceptors (Lipinski definition) is 7. The number of nitrogens with zero attached hydrogens (tertiary/aromatic N) is 3. The Morgan fingerprint density at radius 1 is 1.39 bits per heavy atom. The van der Waals surface area contributed by atoms with Crippen molar-refractivity contribution in [1.29, 1.82) is 0 Å². The van der Waals surface area contributed by atoms with Gasteiger partial charge < -0.3 is 4.74 Å². The minimum Gasteiger partial charge on any atom is -0.465 e. The van der Waals surface area contributed by atoms with E-state index in [2.05, 4.69) is 0 Å². The van der Waals surface area contributed by atoms with Crippen LogP contribution in [0.3, 0.4) is 0 Å². The number of methoxy groups -OCH3 is 1. The molecule has 28 heavy (non-hydrogen) atoms. The van der Waals surface area contributed by atoms with Gasteiger partial charge in [0.2, 0.25) is 0 Å². The van der Waals surface area contributed by atoms with E-state index in [1.807, 2.05) is 31.4 Å². The first-order valence-corrected chi connectivity index (χ1v) is 11.8. The average Bonchev–Trinajstić information content (AvgIpc) is 3.37. The van der Waals surface area contributed by atoms with Crippen LogP contribution in [-0.2, 0) is 14.6 Å². The third-order valence-corrected chi connectivity index (χ3v) is 7.61. The molecule has 0 spiro atoms. The molecule has 0 unspecified atom stereocenters. The number of rotatable bonds is 4. The first-order chi connectivity index (χ1) is 13.3. The second-order valence-corrected chi connectivity index (χ2v) is 10.4. The topological polar surface area (TPSA) is 91.2 Å². The van der Waals surface area contributed by atoms with Gasteiger partial charge in [0.1, 0.15) is 5.69 Å². The van der Waals surface area contributed by atoms with Crippen molar-refractivity contribution in [2.45, 2.75) is 32.2 Å².